The molecule has 7 heteroatoms. The van der Waals surface area contributed by atoms with Gasteiger partial charge < -0.3 is 22.8 Å². The zero-order chi connectivity index (χ0) is 27.9. The Labute approximate surface area is 241 Å². The van der Waals surface area contributed by atoms with Gasteiger partial charge in [-0.2, -0.15) is 0 Å². The number of aryl methyl sites for hydroxylation is 3. The summed E-state index contributed by atoms with van der Waals surface area (Å²) in [6.07, 6.45) is 5.56. The third-order valence-corrected chi connectivity index (χ3v) is 9.29. The Balaban J connectivity index is 1.14. The predicted molar refractivity (Wildman–Crippen MR) is 168 cm³/mol. The lowest BCUT2D eigenvalue weighted by molar-refractivity contribution is -0.0219. The molecule has 0 aliphatic heterocycles. The van der Waals surface area contributed by atoms with Crippen molar-refractivity contribution in [1.82, 2.24) is 0 Å². The average Bonchev–Trinajstić information content (AvgIpc) is 3.00. The third-order valence-electron chi connectivity index (χ3n) is 7.81. The van der Waals surface area contributed by atoms with Crippen LogP contribution in [0.1, 0.15) is 56.7 Å². The fourth-order valence-electron chi connectivity index (χ4n) is 5.35. The molecule has 5 nitrogen and oxygen atoms in total. The summed E-state index contributed by atoms with van der Waals surface area (Å²) in [6.45, 7) is 6.53. The van der Waals surface area contributed by atoms with Crippen molar-refractivity contribution in [2.45, 2.75) is 77.6 Å². The fourth-order valence-corrected chi connectivity index (χ4v) is 6.61. The van der Waals surface area contributed by atoms with Gasteiger partial charge in [-0.1, -0.05) is 63.2 Å². The normalized spacial score (nSPS) is 19.9. The Hall–Kier alpha value is -2.26. The lowest BCUT2D eigenvalue weighted by Gasteiger charge is -2.33. The number of benzene rings is 4. The molecule has 5 rings (SSSR count). The molecule has 0 N–H and O–H groups in total. The fraction of sp³-hybridized carbons (Fsp3) is 0.394. The van der Waals surface area contributed by atoms with Crippen LogP contribution in [0.15, 0.2) is 66.7 Å². The highest BCUT2D eigenvalue weighted by atomic mass is 31.1. The maximum absolute atomic E-state index is 6.24. The molecular formula is C33H40O5P2. The van der Waals surface area contributed by atoms with Gasteiger partial charge in [0.2, 0.25) is 18.1 Å². The number of rotatable bonds is 12. The maximum atomic E-state index is 6.24. The summed E-state index contributed by atoms with van der Waals surface area (Å²) in [5.41, 5.74) is 3.89. The Bertz CT molecular complexity index is 1430. The highest BCUT2D eigenvalue weighted by molar-refractivity contribution is 7.27. The molecule has 0 aromatic heterocycles. The van der Waals surface area contributed by atoms with Crippen LogP contribution >= 0.6 is 18.1 Å². The Morgan fingerprint density at radius 2 is 1.18 bits per heavy atom. The first-order chi connectivity index (χ1) is 19.6. The Morgan fingerprint density at radius 3 is 1.82 bits per heavy atom. The summed E-state index contributed by atoms with van der Waals surface area (Å²) < 4.78 is 30.3. The van der Waals surface area contributed by atoms with Gasteiger partial charge in [0.05, 0.1) is 18.3 Å². The molecule has 1 saturated carbocycles. The molecule has 4 aromatic rings. The van der Waals surface area contributed by atoms with Crippen LogP contribution in [0.2, 0.25) is 0 Å². The summed E-state index contributed by atoms with van der Waals surface area (Å²) in [5.74, 6) is 1.73. The molecule has 0 heterocycles. The minimum Gasteiger partial charge on any atom is -0.450 e. The second-order valence-corrected chi connectivity index (χ2v) is 11.7. The van der Waals surface area contributed by atoms with Crippen molar-refractivity contribution in [1.29, 1.82) is 0 Å². The Morgan fingerprint density at radius 1 is 0.600 bits per heavy atom. The van der Waals surface area contributed by atoms with Crippen LogP contribution in [-0.2, 0) is 33.0 Å². The minimum absolute atomic E-state index is 0.0120. The highest BCUT2D eigenvalue weighted by Gasteiger charge is 2.31. The lowest BCUT2D eigenvalue weighted by Crippen LogP contribution is -2.35. The molecule has 5 atom stereocenters. The summed E-state index contributed by atoms with van der Waals surface area (Å²) in [4.78, 5) is 0. The molecule has 1 aliphatic carbocycles. The first-order valence-electron chi connectivity index (χ1n) is 14.3. The van der Waals surface area contributed by atoms with Gasteiger partial charge in [-0.3, -0.25) is 0 Å². The molecule has 1 fully saturated rings. The van der Waals surface area contributed by atoms with Crippen molar-refractivity contribution in [2.75, 3.05) is 7.11 Å². The van der Waals surface area contributed by atoms with Crippen LogP contribution in [0.3, 0.4) is 0 Å². The molecule has 0 spiro atoms. The third kappa shape index (κ3) is 7.32. The summed E-state index contributed by atoms with van der Waals surface area (Å²) in [6, 6.07) is 23.8. The first-order valence-corrected chi connectivity index (χ1v) is 16.0. The van der Waals surface area contributed by atoms with E-state index in [1.807, 2.05) is 6.07 Å². The second-order valence-electron chi connectivity index (χ2n) is 10.5. The van der Waals surface area contributed by atoms with Gasteiger partial charge in [-0.25, -0.2) is 0 Å². The minimum atomic E-state index is -0.0826. The molecular weight excluding hydrogens is 538 g/mol. The van der Waals surface area contributed by atoms with E-state index in [0.29, 0.717) is 0 Å². The SMILES string of the molecule is CCc1ccc2cc(OPOC3CC(OC)CC(OPOc4cc5ccc(CC)cc5cc4CC)C3)ccc2c1. The van der Waals surface area contributed by atoms with Crippen LogP contribution < -0.4 is 9.05 Å². The molecule has 1 aliphatic rings. The van der Waals surface area contributed by atoms with Gasteiger partial charge >= 0.3 is 0 Å². The van der Waals surface area contributed by atoms with Gasteiger partial charge in [-0.05, 0) is 81.8 Å². The average molecular weight is 579 g/mol. The number of fused-ring (bicyclic) bond motifs is 2. The zero-order valence-electron chi connectivity index (χ0n) is 23.9. The molecule has 0 bridgehead atoms. The van der Waals surface area contributed by atoms with E-state index < -0.39 is 0 Å². The monoisotopic (exact) mass is 578 g/mol. The van der Waals surface area contributed by atoms with Crippen molar-refractivity contribution >= 4 is 39.6 Å². The molecule has 5 unspecified atom stereocenters. The molecule has 4 aromatic carbocycles. The standard InChI is InChI=1S/C33H40O5P2/c1-5-22-8-10-26-17-29(13-12-25(26)14-22)35-39-36-31-19-30(34-4)20-32(21-31)37-40-38-33-18-27-11-9-23(6-2)15-28(27)16-24(33)7-3/h8-18,30-32,39-40H,5-7,19-21H2,1-4H3. The lowest BCUT2D eigenvalue weighted by atomic mass is 9.93. The largest absolute Gasteiger partial charge is 0.450 e. The molecule has 0 saturated heterocycles. The topological polar surface area (TPSA) is 46.2 Å². The predicted octanol–water partition coefficient (Wildman–Crippen LogP) is 9.12. The quantitative estimate of drug-likeness (QED) is 0.157. The highest BCUT2D eigenvalue weighted by Crippen LogP contribution is 2.37. The van der Waals surface area contributed by atoms with Gasteiger partial charge in [0, 0.05) is 26.4 Å². The molecule has 212 valence electrons. The van der Waals surface area contributed by atoms with E-state index in [0.717, 1.165) is 50.0 Å². The smallest absolute Gasteiger partial charge is 0.215 e. The van der Waals surface area contributed by atoms with Crippen LogP contribution in [0.4, 0.5) is 0 Å². The van der Waals surface area contributed by atoms with E-state index in [2.05, 4.69) is 81.4 Å². The number of hydrogen-bond acceptors (Lipinski definition) is 5. The maximum Gasteiger partial charge on any atom is 0.215 e. The van der Waals surface area contributed by atoms with Gasteiger partial charge in [0.25, 0.3) is 0 Å². The molecule has 0 radical (unpaired) electrons. The second kappa shape index (κ2) is 14.1. The van der Waals surface area contributed by atoms with Gasteiger partial charge in [0.15, 0.2) is 0 Å². The van der Waals surface area contributed by atoms with Crippen LogP contribution in [0.5, 0.6) is 11.5 Å². The van der Waals surface area contributed by atoms with Gasteiger partial charge in [0.1, 0.15) is 11.5 Å². The first kappa shape index (κ1) is 29.2. The summed E-state index contributed by atoms with van der Waals surface area (Å²) in [7, 11) is 1.59. The molecule has 40 heavy (non-hydrogen) atoms. The van der Waals surface area contributed by atoms with E-state index >= 15 is 0 Å². The number of methoxy groups -OCH3 is 1. The summed E-state index contributed by atoms with van der Waals surface area (Å²) in [5, 5.41) is 4.86. The van der Waals surface area contributed by atoms with E-state index in [1.54, 1.807) is 7.11 Å². The number of hydrogen-bond donors (Lipinski definition) is 0. The van der Waals surface area contributed by atoms with Crippen molar-refractivity contribution in [3.8, 4) is 11.5 Å². The molecule has 0 amide bonds. The van der Waals surface area contributed by atoms with Crippen LogP contribution in [0, 0.1) is 0 Å². The van der Waals surface area contributed by atoms with Crippen molar-refractivity contribution in [2.24, 2.45) is 0 Å². The van der Waals surface area contributed by atoms with E-state index in [4.69, 9.17) is 22.8 Å². The van der Waals surface area contributed by atoms with Crippen LogP contribution in [0.25, 0.3) is 21.5 Å². The zero-order valence-corrected chi connectivity index (χ0v) is 25.9. The Kier molecular flexibility index (Phi) is 10.3. The van der Waals surface area contributed by atoms with Crippen molar-refractivity contribution in [3.05, 3.63) is 83.4 Å². The van der Waals surface area contributed by atoms with E-state index in [9.17, 15) is 0 Å². The van der Waals surface area contributed by atoms with Crippen molar-refractivity contribution < 1.29 is 22.8 Å². The van der Waals surface area contributed by atoms with E-state index in [-0.39, 0.29) is 36.4 Å². The van der Waals surface area contributed by atoms with Crippen LogP contribution in [-0.4, -0.2) is 25.4 Å². The van der Waals surface area contributed by atoms with Crippen molar-refractivity contribution in [3.63, 3.8) is 0 Å². The summed E-state index contributed by atoms with van der Waals surface area (Å²) >= 11 is 0. The number of ether oxygens (including phenoxy) is 1. The van der Waals surface area contributed by atoms with E-state index in [1.165, 1.54) is 38.2 Å². The van der Waals surface area contributed by atoms with Gasteiger partial charge in [-0.15, -0.1) is 0 Å².